The molecule has 0 bridgehead atoms. The lowest BCUT2D eigenvalue weighted by Gasteiger charge is -2.34. The van der Waals surface area contributed by atoms with Crippen LogP contribution in [0.5, 0.6) is 0 Å². The van der Waals surface area contributed by atoms with Crippen molar-refractivity contribution in [2.45, 2.75) is 17.9 Å². The molecule has 5 heteroatoms. The van der Waals surface area contributed by atoms with E-state index in [9.17, 15) is 23.8 Å². The van der Waals surface area contributed by atoms with Gasteiger partial charge in [0.15, 0.2) is 5.60 Å². The molecule has 0 fully saturated rings. The van der Waals surface area contributed by atoms with Gasteiger partial charge in [-0.1, -0.05) is 42.5 Å². The monoisotopic (exact) mass is 265 g/mol. The molecule has 100 valence electrons. The minimum atomic E-state index is -3.18. The molecule has 1 aromatic rings. The summed E-state index contributed by atoms with van der Waals surface area (Å²) in [6.07, 6.45) is 2.02. The van der Waals surface area contributed by atoms with E-state index in [0.717, 1.165) is 6.08 Å². The van der Waals surface area contributed by atoms with Crippen LogP contribution in [0.15, 0.2) is 54.1 Å². The van der Waals surface area contributed by atoms with E-state index >= 15 is 0 Å². The van der Waals surface area contributed by atoms with Gasteiger partial charge in [0.05, 0.1) is 5.97 Å². The summed E-state index contributed by atoms with van der Waals surface area (Å²) in [5.41, 5.74) is -2.85. The smallest absolute Gasteiger partial charge is 0.270 e. The minimum Gasteiger partial charge on any atom is -0.546 e. The Hall–Kier alpha value is -2.01. The van der Waals surface area contributed by atoms with Crippen molar-refractivity contribution >= 4 is 5.97 Å². The molecular weight excluding hydrogens is 254 g/mol. The first-order chi connectivity index (χ1) is 8.86. The third-order valence-electron chi connectivity index (χ3n) is 3.02. The first-order valence-corrected chi connectivity index (χ1v) is 5.62. The SMILES string of the molecule is O=C([O-])C(O)(C1=CC=CC(F)(F)C1)c1ccccc1. The third kappa shape index (κ3) is 2.42. The summed E-state index contributed by atoms with van der Waals surface area (Å²) in [5.74, 6) is -5.00. The molecule has 1 unspecified atom stereocenters. The Morgan fingerprint density at radius 3 is 2.47 bits per heavy atom. The van der Waals surface area contributed by atoms with Crippen molar-refractivity contribution in [3.05, 3.63) is 59.7 Å². The maximum absolute atomic E-state index is 13.3. The number of carboxylic acids is 1. The summed E-state index contributed by atoms with van der Waals surface area (Å²) < 4.78 is 26.6. The molecule has 19 heavy (non-hydrogen) atoms. The van der Waals surface area contributed by atoms with Crippen LogP contribution >= 0.6 is 0 Å². The third-order valence-corrected chi connectivity index (χ3v) is 3.02. The van der Waals surface area contributed by atoms with Crippen LogP contribution in [0.2, 0.25) is 0 Å². The number of allylic oxidation sites excluding steroid dienone is 3. The molecule has 0 saturated carbocycles. The lowest BCUT2D eigenvalue weighted by atomic mass is 9.81. The second-order valence-corrected chi connectivity index (χ2v) is 4.35. The predicted molar refractivity (Wildman–Crippen MR) is 62.1 cm³/mol. The largest absolute Gasteiger partial charge is 0.546 e. The quantitative estimate of drug-likeness (QED) is 0.891. The molecule has 1 aromatic carbocycles. The highest BCUT2D eigenvalue weighted by molar-refractivity contribution is 5.82. The molecule has 1 aliphatic carbocycles. The van der Waals surface area contributed by atoms with Crippen molar-refractivity contribution in [1.29, 1.82) is 0 Å². The van der Waals surface area contributed by atoms with E-state index < -0.39 is 23.9 Å². The van der Waals surface area contributed by atoms with Gasteiger partial charge in [-0.15, -0.1) is 0 Å². The van der Waals surface area contributed by atoms with Gasteiger partial charge in [0.25, 0.3) is 5.92 Å². The standard InChI is InChI=1S/C14H12F2O3/c15-13(16)8-4-7-11(9-13)14(19,12(17)18)10-5-2-1-3-6-10/h1-8,19H,9H2,(H,17,18)/p-1. The predicted octanol–water partition coefficient (Wildman–Crippen LogP) is 1.15. The molecule has 0 aromatic heterocycles. The van der Waals surface area contributed by atoms with E-state index in [-0.39, 0.29) is 11.1 Å². The van der Waals surface area contributed by atoms with Crippen LogP contribution in [0.3, 0.4) is 0 Å². The topological polar surface area (TPSA) is 60.4 Å². The maximum atomic E-state index is 13.3. The first kappa shape index (κ1) is 13.4. The Bertz CT molecular complexity index is 549. The maximum Gasteiger partial charge on any atom is 0.270 e. The molecule has 0 heterocycles. The molecule has 1 N–H and O–H groups in total. The van der Waals surface area contributed by atoms with Crippen molar-refractivity contribution in [1.82, 2.24) is 0 Å². The molecule has 0 radical (unpaired) electrons. The number of carbonyl (C=O) groups is 1. The van der Waals surface area contributed by atoms with Crippen LogP contribution in [0, 0.1) is 0 Å². The fourth-order valence-corrected chi connectivity index (χ4v) is 2.04. The Morgan fingerprint density at radius 1 is 1.32 bits per heavy atom. The van der Waals surface area contributed by atoms with Gasteiger partial charge < -0.3 is 15.0 Å². The Morgan fingerprint density at radius 2 is 1.95 bits per heavy atom. The lowest BCUT2D eigenvalue weighted by Crippen LogP contribution is -2.48. The number of carboxylic acid groups (broad SMARTS) is 1. The van der Waals surface area contributed by atoms with E-state index in [2.05, 4.69) is 0 Å². The number of halogens is 2. The van der Waals surface area contributed by atoms with Crippen molar-refractivity contribution in [3.8, 4) is 0 Å². The molecule has 1 aliphatic rings. The van der Waals surface area contributed by atoms with Gasteiger partial charge in [-0.2, -0.15) is 0 Å². The van der Waals surface area contributed by atoms with Gasteiger partial charge >= 0.3 is 0 Å². The summed E-state index contributed by atoms with van der Waals surface area (Å²) >= 11 is 0. The molecule has 0 aliphatic heterocycles. The second kappa shape index (κ2) is 4.59. The average Bonchev–Trinajstić information content (AvgIpc) is 2.37. The number of benzene rings is 1. The van der Waals surface area contributed by atoms with Crippen molar-refractivity contribution in [2.75, 3.05) is 0 Å². The van der Waals surface area contributed by atoms with Gasteiger partial charge in [0.1, 0.15) is 0 Å². The molecule has 1 atom stereocenters. The van der Waals surface area contributed by atoms with Crippen LogP contribution in [-0.2, 0) is 10.4 Å². The van der Waals surface area contributed by atoms with Crippen molar-refractivity contribution in [2.24, 2.45) is 0 Å². The number of alkyl halides is 2. The zero-order chi connectivity index (χ0) is 14.1. The molecule has 0 spiro atoms. The van der Waals surface area contributed by atoms with Crippen molar-refractivity contribution in [3.63, 3.8) is 0 Å². The Balaban J connectivity index is 2.51. The average molecular weight is 265 g/mol. The van der Waals surface area contributed by atoms with E-state index in [4.69, 9.17) is 0 Å². The summed E-state index contributed by atoms with van der Waals surface area (Å²) in [4.78, 5) is 11.3. The molecular formula is C14H11F2O3-. The van der Waals surface area contributed by atoms with Gasteiger partial charge in [-0.25, -0.2) is 8.78 Å². The fraction of sp³-hybridized carbons (Fsp3) is 0.214. The molecule has 0 saturated heterocycles. The number of rotatable bonds is 3. The summed E-state index contributed by atoms with van der Waals surface area (Å²) in [6.45, 7) is 0. The summed E-state index contributed by atoms with van der Waals surface area (Å²) in [6, 6.07) is 7.37. The van der Waals surface area contributed by atoms with E-state index in [1.165, 1.54) is 30.3 Å². The summed E-state index contributed by atoms with van der Waals surface area (Å²) in [7, 11) is 0. The van der Waals surface area contributed by atoms with Gasteiger partial charge in [0.2, 0.25) is 0 Å². The van der Waals surface area contributed by atoms with Crippen LogP contribution < -0.4 is 5.11 Å². The molecule has 3 nitrogen and oxygen atoms in total. The van der Waals surface area contributed by atoms with Gasteiger partial charge in [0, 0.05) is 6.42 Å². The molecule has 0 amide bonds. The fourth-order valence-electron chi connectivity index (χ4n) is 2.04. The zero-order valence-electron chi connectivity index (χ0n) is 9.85. The zero-order valence-corrected chi connectivity index (χ0v) is 9.85. The van der Waals surface area contributed by atoms with Crippen LogP contribution in [0.4, 0.5) is 8.78 Å². The minimum absolute atomic E-state index is 0.00708. The highest BCUT2D eigenvalue weighted by atomic mass is 19.3. The van der Waals surface area contributed by atoms with Crippen LogP contribution in [0.1, 0.15) is 12.0 Å². The van der Waals surface area contributed by atoms with Crippen LogP contribution in [0.25, 0.3) is 0 Å². The Labute approximate surface area is 108 Å². The highest BCUT2D eigenvalue weighted by Crippen LogP contribution is 2.38. The van der Waals surface area contributed by atoms with E-state index in [1.54, 1.807) is 6.07 Å². The highest BCUT2D eigenvalue weighted by Gasteiger charge is 2.41. The summed E-state index contributed by atoms with van der Waals surface area (Å²) in [5, 5.41) is 21.6. The second-order valence-electron chi connectivity index (χ2n) is 4.35. The number of hydrogen-bond acceptors (Lipinski definition) is 3. The van der Waals surface area contributed by atoms with Gasteiger partial charge in [-0.05, 0) is 17.2 Å². The van der Waals surface area contributed by atoms with Crippen molar-refractivity contribution < 1.29 is 23.8 Å². The number of hydrogen-bond donors (Lipinski definition) is 1. The lowest BCUT2D eigenvalue weighted by molar-refractivity contribution is -0.323. The molecule has 2 rings (SSSR count). The van der Waals surface area contributed by atoms with E-state index in [1.807, 2.05) is 0 Å². The Kier molecular flexibility index (Phi) is 3.24. The van der Waals surface area contributed by atoms with Gasteiger partial charge in [-0.3, -0.25) is 0 Å². The van der Waals surface area contributed by atoms with Crippen LogP contribution in [-0.4, -0.2) is 17.0 Å². The number of aliphatic carboxylic acids is 1. The number of carbonyl (C=O) groups excluding carboxylic acids is 1. The number of aliphatic hydroxyl groups is 1. The van der Waals surface area contributed by atoms with E-state index in [0.29, 0.717) is 6.08 Å². The normalized spacial score (nSPS) is 20.5. The first-order valence-electron chi connectivity index (χ1n) is 5.62.